The molecule has 0 N–H and O–H groups in total. The monoisotopic (exact) mass is 265 g/mol. The predicted molar refractivity (Wildman–Crippen MR) is 71.2 cm³/mol. The molecule has 1 saturated carbocycles. The maximum Gasteiger partial charge on any atom is 0.254 e. The summed E-state index contributed by atoms with van der Waals surface area (Å²) in [5, 5.41) is 4.59. The van der Waals surface area contributed by atoms with E-state index in [0.29, 0.717) is 17.1 Å². The fourth-order valence-corrected chi connectivity index (χ4v) is 2.97. The molecule has 2 heterocycles. The van der Waals surface area contributed by atoms with E-state index >= 15 is 0 Å². The Morgan fingerprint density at radius 3 is 3.00 bits per heavy atom. The first kappa shape index (κ1) is 11.7. The van der Waals surface area contributed by atoms with E-state index in [1.165, 1.54) is 6.33 Å². The second-order valence-corrected chi connectivity index (χ2v) is 5.66. The van der Waals surface area contributed by atoms with Gasteiger partial charge in [-0.3, -0.25) is 0 Å². The number of aryl methyl sites for hydroxylation is 1. The molecule has 2 aromatic heterocycles. The van der Waals surface area contributed by atoms with Gasteiger partial charge in [-0.05, 0) is 25.7 Å². The Kier molecular flexibility index (Phi) is 2.86. The van der Waals surface area contributed by atoms with Crippen LogP contribution >= 0.6 is 11.6 Å². The van der Waals surface area contributed by atoms with E-state index in [-0.39, 0.29) is 0 Å². The minimum Gasteiger partial charge on any atom is -0.359 e. The van der Waals surface area contributed by atoms with Crippen molar-refractivity contribution in [3.63, 3.8) is 0 Å². The first-order valence-corrected chi connectivity index (χ1v) is 6.59. The maximum absolute atomic E-state index is 6.02. The van der Waals surface area contributed by atoms with Crippen LogP contribution in [0.25, 0.3) is 5.78 Å². The van der Waals surface area contributed by atoms with Gasteiger partial charge < -0.3 is 4.90 Å². The highest BCUT2D eigenvalue weighted by atomic mass is 35.5. The highest BCUT2D eigenvalue weighted by Gasteiger charge is 2.28. The van der Waals surface area contributed by atoms with Gasteiger partial charge in [-0.25, -0.2) is 4.98 Å². The van der Waals surface area contributed by atoms with Gasteiger partial charge in [0.1, 0.15) is 12.1 Å². The largest absolute Gasteiger partial charge is 0.359 e. The SMILES string of the molecule is Cc1cc(N(C)CC2CC(Cl)C2)n2ncnc2n1. The number of hydrogen-bond acceptors (Lipinski definition) is 4. The fourth-order valence-electron chi connectivity index (χ4n) is 2.47. The summed E-state index contributed by atoms with van der Waals surface area (Å²) in [5.74, 6) is 2.37. The lowest BCUT2D eigenvalue weighted by molar-refractivity contribution is 0.328. The molecule has 0 bridgehead atoms. The van der Waals surface area contributed by atoms with Crippen LogP contribution in [0, 0.1) is 12.8 Å². The molecule has 5 nitrogen and oxygen atoms in total. The number of nitrogens with zero attached hydrogens (tertiary/aromatic N) is 5. The summed E-state index contributed by atoms with van der Waals surface area (Å²) >= 11 is 6.02. The summed E-state index contributed by atoms with van der Waals surface area (Å²) in [5.41, 5.74) is 0.959. The second-order valence-electron chi connectivity index (χ2n) is 5.04. The highest BCUT2D eigenvalue weighted by Crippen LogP contribution is 2.33. The molecule has 3 rings (SSSR count). The molecule has 0 spiro atoms. The van der Waals surface area contributed by atoms with Crippen LogP contribution in [0.5, 0.6) is 0 Å². The average Bonchev–Trinajstić information content (AvgIpc) is 2.73. The maximum atomic E-state index is 6.02. The molecule has 0 aromatic carbocycles. The Labute approximate surface area is 111 Å². The molecule has 0 atom stereocenters. The molecule has 0 amide bonds. The van der Waals surface area contributed by atoms with E-state index in [2.05, 4.69) is 27.0 Å². The van der Waals surface area contributed by atoms with Crippen molar-refractivity contribution in [1.29, 1.82) is 0 Å². The highest BCUT2D eigenvalue weighted by molar-refractivity contribution is 6.21. The van der Waals surface area contributed by atoms with Gasteiger partial charge in [0.25, 0.3) is 5.78 Å². The standard InChI is InChI=1S/C12H16ClN5/c1-8-3-11(18-12(16-8)14-7-15-18)17(2)6-9-4-10(13)5-9/h3,7,9-10H,4-6H2,1-2H3. The van der Waals surface area contributed by atoms with Crippen LogP contribution in [-0.4, -0.2) is 38.6 Å². The van der Waals surface area contributed by atoms with Crippen LogP contribution in [0.4, 0.5) is 5.82 Å². The van der Waals surface area contributed by atoms with E-state index < -0.39 is 0 Å². The second kappa shape index (κ2) is 4.39. The van der Waals surface area contributed by atoms with Crippen molar-refractivity contribution in [2.75, 3.05) is 18.5 Å². The van der Waals surface area contributed by atoms with E-state index in [9.17, 15) is 0 Å². The van der Waals surface area contributed by atoms with Gasteiger partial charge in [-0.15, -0.1) is 11.6 Å². The van der Waals surface area contributed by atoms with Crippen molar-refractivity contribution in [3.05, 3.63) is 18.1 Å². The van der Waals surface area contributed by atoms with E-state index in [0.717, 1.165) is 30.9 Å². The van der Waals surface area contributed by atoms with E-state index in [1.807, 2.05) is 13.0 Å². The molecule has 2 aromatic rings. The minimum absolute atomic E-state index is 0.369. The van der Waals surface area contributed by atoms with Crippen LogP contribution in [0.2, 0.25) is 0 Å². The molecular formula is C12H16ClN5. The van der Waals surface area contributed by atoms with Gasteiger partial charge in [-0.2, -0.15) is 14.6 Å². The number of rotatable bonds is 3. The molecule has 0 radical (unpaired) electrons. The number of alkyl halides is 1. The molecule has 18 heavy (non-hydrogen) atoms. The van der Waals surface area contributed by atoms with Crippen LogP contribution in [-0.2, 0) is 0 Å². The zero-order valence-corrected chi connectivity index (χ0v) is 11.3. The summed E-state index contributed by atoms with van der Waals surface area (Å²) in [6.07, 6.45) is 3.75. The lowest BCUT2D eigenvalue weighted by Gasteiger charge is -2.34. The third-order valence-electron chi connectivity index (χ3n) is 3.46. The molecule has 0 unspecified atom stereocenters. The Bertz CT molecular complexity index is 561. The third-order valence-corrected chi connectivity index (χ3v) is 3.82. The summed E-state index contributed by atoms with van der Waals surface area (Å²) < 4.78 is 1.78. The van der Waals surface area contributed by atoms with E-state index in [4.69, 9.17) is 11.6 Å². The number of hydrogen-bond donors (Lipinski definition) is 0. The normalized spacial score (nSPS) is 23.1. The number of anilines is 1. The zero-order chi connectivity index (χ0) is 12.7. The molecule has 0 aliphatic heterocycles. The topological polar surface area (TPSA) is 46.3 Å². The van der Waals surface area contributed by atoms with Crippen molar-refractivity contribution in [1.82, 2.24) is 19.6 Å². The molecule has 96 valence electrons. The van der Waals surface area contributed by atoms with Crippen LogP contribution < -0.4 is 4.90 Å². The van der Waals surface area contributed by atoms with Crippen molar-refractivity contribution >= 4 is 23.2 Å². The van der Waals surface area contributed by atoms with Crippen LogP contribution in [0.15, 0.2) is 12.4 Å². The molecule has 6 heteroatoms. The lowest BCUT2D eigenvalue weighted by Crippen LogP contribution is -2.35. The van der Waals surface area contributed by atoms with Crippen molar-refractivity contribution in [3.8, 4) is 0 Å². The molecule has 1 aliphatic rings. The number of halogens is 1. The van der Waals surface area contributed by atoms with Gasteiger partial charge >= 0.3 is 0 Å². The van der Waals surface area contributed by atoms with Crippen LogP contribution in [0.3, 0.4) is 0 Å². The zero-order valence-electron chi connectivity index (χ0n) is 10.5. The van der Waals surface area contributed by atoms with Crippen molar-refractivity contribution in [2.45, 2.75) is 25.1 Å². The van der Waals surface area contributed by atoms with Gasteiger partial charge in [0.15, 0.2) is 0 Å². The number of aromatic nitrogens is 4. The predicted octanol–water partition coefficient (Wildman–Crippen LogP) is 1.89. The first-order valence-electron chi connectivity index (χ1n) is 6.16. The Morgan fingerprint density at radius 1 is 1.50 bits per heavy atom. The van der Waals surface area contributed by atoms with Gasteiger partial charge in [-0.1, -0.05) is 0 Å². The van der Waals surface area contributed by atoms with E-state index in [1.54, 1.807) is 4.52 Å². The van der Waals surface area contributed by atoms with Crippen molar-refractivity contribution < 1.29 is 0 Å². The minimum atomic E-state index is 0.369. The van der Waals surface area contributed by atoms with Gasteiger partial charge in [0.05, 0.1) is 0 Å². The van der Waals surface area contributed by atoms with Gasteiger partial charge in [0.2, 0.25) is 0 Å². The van der Waals surface area contributed by atoms with Gasteiger partial charge in [0, 0.05) is 30.7 Å². The van der Waals surface area contributed by atoms with Crippen molar-refractivity contribution in [2.24, 2.45) is 5.92 Å². The Balaban J connectivity index is 1.86. The third kappa shape index (κ3) is 2.03. The first-order chi connectivity index (χ1) is 8.63. The average molecular weight is 266 g/mol. The Hall–Kier alpha value is -1.36. The van der Waals surface area contributed by atoms with Crippen LogP contribution in [0.1, 0.15) is 18.5 Å². The fraction of sp³-hybridized carbons (Fsp3) is 0.583. The quantitative estimate of drug-likeness (QED) is 0.795. The lowest BCUT2D eigenvalue weighted by atomic mass is 9.84. The molecule has 1 fully saturated rings. The molecular weight excluding hydrogens is 250 g/mol. The summed E-state index contributed by atoms with van der Waals surface area (Å²) in [4.78, 5) is 10.7. The number of fused-ring (bicyclic) bond motifs is 1. The summed E-state index contributed by atoms with van der Waals surface area (Å²) in [6, 6.07) is 2.04. The molecule has 1 aliphatic carbocycles. The summed E-state index contributed by atoms with van der Waals surface area (Å²) in [7, 11) is 2.08. The smallest absolute Gasteiger partial charge is 0.254 e. The summed E-state index contributed by atoms with van der Waals surface area (Å²) in [6.45, 7) is 2.98. The molecule has 0 saturated heterocycles. The Morgan fingerprint density at radius 2 is 2.28 bits per heavy atom.